The lowest BCUT2D eigenvalue weighted by Crippen LogP contribution is -2.32. The summed E-state index contributed by atoms with van der Waals surface area (Å²) in [6.45, 7) is 3.46. The minimum atomic E-state index is 0.536. The average Bonchev–Trinajstić information content (AvgIpc) is 2.34. The molecule has 1 aromatic rings. The Morgan fingerprint density at radius 1 is 1.33 bits per heavy atom. The Balaban J connectivity index is 1.70. The van der Waals surface area contributed by atoms with E-state index in [1.807, 2.05) is 24.3 Å². The van der Waals surface area contributed by atoms with Gasteiger partial charge < -0.3 is 15.4 Å². The van der Waals surface area contributed by atoms with Crippen LogP contribution in [0, 0.1) is 5.92 Å². The summed E-state index contributed by atoms with van der Waals surface area (Å²) in [6, 6.07) is 8.01. The van der Waals surface area contributed by atoms with Crippen molar-refractivity contribution in [1.29, 1.82) is 0 Å². The Labute approximate surface area is 110 Å². The molecule has 0 saturated heterocycles. The first-order valence-corrected chi connectivity index (χ1v) is 6.89. The highest BCUT2D eigenvalue weighted by Crippen LogP contribution is 2.26. The predicted octanol–water partition coefficient (Wildman–Crippen LogP) is 2.26. The second-order valence-corrected chi connectivity index (χ2v) is 5.22. The molecule has 18 heavy (non-hydrogen) atoms. The van der Waals surface area contributed by atoms with Gasteiger partial charge in [-0.1, -0.05) is 24.6 Å². The van der Waals surface area contributed by atoms with Crippen molar-refractivity contribution >= 4 is 0 Å². The Bertz CT molecular complexity index is 363. The zero-order valence-electron chi connectivity index (χ0n) is 11.3. The topological polar surface area (TPSA) is 38.5 Å². The van der Waals surface area contributed by atoms with Crippen molar-refractivity contribution in [2.75, 3.05) is 26.7 Å². The largest absolute Gasteiger partial charge is 0.492 e. The van der Waals surface area contributed by atoms with E-state index in [9.17, 15) is 0 Å². The first kappa shape index (κ1) is 13.4. The molecule has 0 atom stereocenters. The molecule has 1 aliphatic rings. The summed E-state index contributed by atoms with van der Waals surface area (Å²) in [7, 11) is 2.18. The smallest absolute Gasteiger partial charge is 0.123 e. The average molecular weight is 248 g/mol. The standard InChI is InChI=1S/C15H24N2O/c1-17(12-13-5-4-6-13)9-10-18-15-8-3-2-7-14(15)11-16/h2-3,7-8,13H,4-6,9-12,16H2,1H3. The summed E-state index contributed by atoms with van der Waals surface area (Å²) in [5.74, 6) is 1.85. The van der Waals surface area contributed by atoms with Gasteiger partial charge in [-0.25, -0.2) is 0 Å². The molecule has 1 aliphatic carbocycles. The molecule has 0 unspecified atom stereocenters. The number of benzene rings is 1. The fourth-order valence-electron chi connectivity index (χ4n) is 2.33. The van der Waals surface area contributed by atoms with Crippen molar-refractivity contribution in [2.24, 2.45) is 11.7 Å². The summed E-state index contributed by atoms with van der Waals surface area (Å²) in [5.41, 5.74) is 6.77. The number of nitrogens with zero attached hydrogens (tertiary/aromatic N) is 1. The van der Waals surface area contributed by atoms with Gasteiger partial charge in [-0.05, 0) is 31.9 Å². The molecule has 0 radical (unpaired) electrons. The molecule has 3 heteroatoms. The Morgan fingerprint density at radius 2 is 2.11 bits per heavy atom. The van der Waals surface area contributed by atoms with E-state index >= 15 is 0 Å². The lowest BCUT2D eigenvalue weighted by molar-refractivity contribution is 0.177. The third-order valence-corrected chi connectivity index (χ3v) is 3.72. The van der Waals surface area contributed by atoms with Crippen molar-refractivity contribution in [2.45, 2.75) is 25.8 Å². The van der Waals surface area contributed by atoms with E-state index in [0.29, 0.717) is 6.54 Å². The minimum Gasteiger partial charge on any atom is -0.492 e. The molecule has 0 aromatic heterocycles. The number of likely N-dealkylation sites (N-methyl/N-ethyl adjacent to an activating group) is 1. The third-order valence-electron chi connectivity index (χ3n) is 3.72. The van der Waals surface area contributed by atoms with Crippen LogP contribution in [0.15, 0.2) is 24.3 Å². The summed E-state index contributed by atoms with van der Waals surface area (Å²) < 4.78 is 5.81. The van der Waals surface area contributed by atoms with E-state index in [1.165, 1.54) is 25.8 Å². The van der Waals surface area contributed by atoms with Crippen LogP contribution in [0.4, 0.5) is 0 Å². The van der Waals surface area contributed by atoms with Gasteiger partial charge in [-0.15, -0.1) is 0 Å². The van der Waals surface area contributed by atoms with E-state index < -0.39 is 0 Å². The third kappa shape index (κ3) is 3.72. The molecule has 0 spiro atoms. The first-order chi connectivity index (χ1) is 8.79. The number of hydrogen-bond donors (Lipinski definition) is 1. The maximum Gasteiger partial charge on any atom is 0.123 e. The second-order valence-electron chi connectivity index (χ2n) is 5.22. The van der Waals surface area contributed by atoms with Gasteiger partial charge >= 0.3 is 0 Å². The molecule has 0 heterocycles. The molecule has 1 fully saturated rings. The molecule has 100 valence electrons. The molecule has 1 aromatic carbocycles. The molecular formula is C15H24N2O. The molecule has 2 rings (SSSR count). The zero-order chi connectivity index (χ0) is 12.8. The van der Waals surface area contributed by atoms with Gasteiger partial charge in [0.1, 0.15) is 12.4 Å². The number of nitrogens with two attached hydrogens (primary N) is 1. The number of ether oxygens (including phenoxy) is 1. The molecular weight excluding hydrogens is 224 g/mol. The fraction of sp³-hybridized carbons (Fsp3) is 0.600. The normalized spacial score (nSPS) is 15.7. The maximum absolute atomic E-state index is 5.81. The van der Waals surface area contributed by atoms with E-state index in [1.54, 1.807) is 0 Å². The predicted molar refractivity (Wildman–Crippen MR) is 74.7 cm³/mol. The summed E-state index contributed by atoms with van der Waals surface area (Å²) >= 11 is 0. The van der Waals surface area contributed by atoms with Gasteiger partial charge in [0, 0.05) is 25.2 Å². The van der Waals surface area contributed by atoms with Crippen LogP contribution in [0.2, 0.25) is 0 Å². The van der Waals surface area contributed by atoms with Gasteiger partial charge in [0.15, 0.2) is 0 Å². The molecule has 3 nitrogen and oxygen atoms in total. The van der Waals surface area contributed by atoms with E-state index in [0.717, 1.165) is 30.4 Å². The van der Waals surface area contributed by atoms with Crippen LogP contribution in [-0.4, -0.2) is 31.6 Å². The molecule has 0 aliphatic heterocycles. The van der Waals surface area contributed by atoms with Gasteiger partial charge in [0.2, 0.25) is 0 Å². The monoisotopic (exact) mass is 248 g/mol. The lowest BCUT2D eigenvalue weighted by Gasteiger charge is -2.30. The van der Waals surface area contributed by atoms with Gasteiger partial charge in [0.05, 0.1) is 0 Å². The summed E-state index contributed by atoms with van der Waals surface area (Å²) in [5, 5.41) is 0. The maximum atomic E-state index is 5.81. The molecule has 0 amide bonds. The van der Waals surface area contributed by atoms with E-state index in [4.69, 9.17) is 10.5 Å². The number of para-hydroxylation sites is 1. The Hall–Kier alpha value is -1.06. The van der Waals surface area contributed by atoms with Crippen molar-refractivity contribution in [3.63, 3.8) is 0 Å². The van der Waals surface area contributed by atoms with Gasteiger partial charge in [-0.2, -0.15) is 0 Å². The highest BCUT2D eigenvalue weighted by molar-refractivity contribution is 5.32. The quantitative estimate of drug-likeness (QED) is 0.804. The van der Waals surface area contributed by atoms with Crippen LogP contribution in [0.3, 0.4) is 0 Å². The number of rotatable bonds is 7. The summed E-state index contributed by atoms with van der Waals surface area (Å²) in [6.07, 6.45) is 4.22. The van der Waals surface area contributed by atoms with Crippen molar-refractivity contribution in [1.82, 2.24) is 4.90 Å². The van der Waals surface area contributed by atoms with Crippen LogP contribution in [0.5, 0.6) is 5.75 Å². The van der Waals surface area contributed by atoms with Gasteiger partial charge in [-0.3, -0.25) is 0 Å². The second kappa shape index (κ2) is 6.76. The molecule has 0 bridgehead atoms. The zero-order valence-corrected chi connectivity index (χ0v) is 11.3. The fourth-order valence-corrected chi connectivity index (χ4v) is 2.33. The molecule has 1 saturated carbocycles. The minimum absolute atomic E-state index is 0.536. The molecule has 2 N–H and O–H groups in total. The van der Waals surface area contributed by atoms with Crippen LogP contribution in [0.25, 0.3) is 0 Å². The van der Waals surface area contributed by atoms with Crippen LogP contribution in [-0.2, 0) is 6.54 Å². The van der Waals surface area contributed by atoms with Crippen LogP contribution < -0.4 is 10.5 Å². The van der Waals surface area contributed by atoms with Crippen molar-refractivity contribution in [3.8, 4) is 5.75 Å². The first-order valence-electron chi connectivity index (χ1n) is 6.89. The van der Waals surface area contributed by atoms with Gasteiger partial charge in [0.25, 0.3) is 0 Å². The Morgan fingerprint density at radius 3 is 2.78 bits per heavy atom. The summed E-state index contributed by atoms with van der Waals surface area (Å²) in [4.78, 5) is 2.37. The van der Waals surface area contributed by atoms with E-state index in [-0.39, 0.29) is 0 Å². The van der Waals surface area contributed by atoms with Crippen LogP contribution in [0.1, 0.15) is 24.8 Å². The van der Waals surface area contributed by atoms with Crippen LogP contribution >= 0.6 is 0 Å². The lowest BCUT2D eigenvalue weighted by atomic mass is 9.85. The number of hydrogen-bond acceptors (Lipinski definition) is 3. The highest BCUT2D eigenvalue weighted by atomic mass is 16.5. The van der Waals surface area contributed by atoms with Crippen molar-refractivity contribution < 1.29 is 4.74 Å². The highest BCUT2D eigenvalue weighted by Gasteiger charge is 2.18. The van der Waals surface area contributed by atoms with Crippen molar-refractivity contribution in [3.05, 3.63) is 29.8 Å². The SMILES string of the molecule is CN(CCOc1ccccc1CN)CC1CCC1. The Kier molecular flexibility index (Phi) is 5.02. The van der Waals surface area contributed by atoms with E-state index in [2.05, 4.69) is 11.9 Å².